The minimum absolute atomic E-state index is 0.0467. The van der Waals surface area contributed by atoms with Crippen LogP contribution < -0.4 is 16.4 Å². The van der Waals surface area contributed by atoms with Crippen LogP contribution in [0.15, 0.2) is 42.5 Å². The molecule has 3 rings (SSSR count). The molecule has 1 amide bonds. The maximum atomic E-state index is 12.9. The maximum absolute atomic E-state index is 12.9. The summed E-state index contributed by atoms with van der Waals surface area (Å²) in [6.45, 7) is 12.2. The largest absolute Gasteiger partial charge is 0.328 e. The Kier molecular flexibility index (Phi) is 8.16. The average molecular weight is 470 g/mol. The summed E-state index contributed by atoms with van der Waals surface area (Å²) in [4.78, 5) is 17.7. The monoisotopic (exact) mass is 469 g/mol. The van der Waals surface area contributed by atoms with Crippen LogP contribution in [0.5, 0.6) is 0 Å². The second-order valence-corrected chi connectivity index (χ2v) is 10.2. The molecule has 1 heterocycles. The number of hydrogen-bond donors (Lipinski definition) is 3. The van der Waals surface area contributed by atoms with Crippen molar-refractivity contribution in [3.63, 3.8) is 0 Å². The Morgan fingerprint density at radius 1 is 1.18 bits per heavy atom. The third-order valence-corrected chi connectivity index (χ3v) is 6.51. The molecule has 0 saturated heterocycles. The SMILES string of the molecule is CCCC(CN)n1c(NC(=O)c2ccc(Cl)cc2)nc2cc(CNC(C)C(C)(C)C)ccc21. The second-order valence-electron chi connectivity index (χ2n) is 9.74. The highest BCUT2D eigenvalue weighted by molar-refractivity contribution is 6.30. The fourth-order valence-corrected chi connectivity index (χ4v) is 3.88. The van der Waals surface area contributed by atoms with Crippen LogP contribution in [-0.4, -0.2) is 28.0 Å². The molecule has 0 aliphatic rings. The van der Waals surface area contributed by atoms with E-state index in [1.807, 2.05) is 0 Å². The Labute approximate surface area is 201 Å². The summed E-state index contributed by atoms with van der Waals surface area (Å²) in [7, 11) is 0. The Bertz CT molecular complexity index is 1080. The van der Waals surface area contributed by atoms with Gasteiger partial charge in [-0.15, -0.1) is 0 Å². The van der Waals surface area contributed by atoms with Gasteiger partial charge in [0, 0.05) is 35.8 Å². The number of halogens is 1. The van der Waals surface area contributed by atoms with Gasteiger partial charge in [-0.2, -0.15) is 0 Å². The third kappa shape index (κ3) is 6.14. The lowest BCUT2D eigenvalue weighted by Gasteiger charge is -2.28. The molecule has 1 aromatic heterocycles. The summed E-state index contributed by atoms with van der Waals surface area (Å²) >= 11 is 5.97. The van der Waals surface area contributed by atoms with E-state index in [0.717, 1.165) is 36.0 Å². The van der Waals surface area contributed by atoms with Gasteiger partial charge in [-0.05, 0) is 60.7 Å². The minimum atomic E-state index is -0.226. The molecule has 0 bridgehead atoms. The first-order chi connectivity index (χ1) is 15.6. The lowest BCUT2D eigenvalue weighted by molar-refractivity contribution is 0.102. The number of aromatic nitrogens is 2. The first-order valence-electron chi connectivity index (χ1n) is 11.6. The number of anilines is 1. The van der Waals surface area contributed by atoms with E-state index in [9.17, 15) is 4.79 Å². The van der Waals surface area contributed by atoms with Gasteiger partial charge in [0.2, 0.25) is 5.95 Å². The quantitative estimate of drug-likeness (QED) is 0.371. The van der Waals surface area contributed by atoms with E-state index in [1.54, 1.807) is 24.3 Å². The third-order valence-electron chi connectivity index (χ3n) is 6.26. The molecule has 3 aromatic rings. The van der Waals surface area contributed by atoms with Crippen LogP contribution in [0.25, 0.3) is 11.0 Å². The van der Waals surface area contributed by atoms with Crippen molar-refractivity contribution >= 4 is 34.5 Å². The van der Waals surface area contributed by atoms with Crippen LogP contribution in [0.3, 0.4) is 0 Å². The molecule has 6 nitrogen and oxygen atoms in total. The fourth-order valence-electron chi connectivity index (χ4n) is 3.75. The van der Waals surface area contributed by atoms with E-state index in [2.05, 4.69) is 68.0 Å². The topological polar surface area (TPSA) is 85.0 Å². The zero-order valence-corrected chi connectivity index (χ0v) is 21.0. The lowest BCUT2D eigenvalue weighted by atomic mass is 9.88. The molecule has 0 saturated carbocycles. The highest BCUT2D eigenvalue weighted by Crippen LogP contribution is 2.28. The van der Waals surface area contributed by atoms with E-state index < -0.39 is 0 Å². The maximum Gasteiger partial charge on any atom is 0.257 e. The first-order valence-corrected chi connectivity index (χ1v) is 12.0. The van der Waals surface area contributed by atoms with Gasteiger partial charge < -0.3 is 15.6 Å². The molecule has 0 fully saturated rings. The number of imidazole rings is 1. The number of carbonyl (C=O) groups excluding carboxylic acids is 1. The number of nitrogens with two attached hydrogens (primary N) is 1. The predicted molar refractivity (Wildman–Crippen MR) is 138 cm³/mol. The van der Waals surface area contributed by atoms with E-state index in [4.69, 9.17) is 22.3 Å². The first kappa shape index (κ1) is 25.2. The Hall–Kier alpha value is -2.41. The number of fused-ring (bicyclic) bond motifs is 1. The minimum Gasteiger partial charge on any atom is -0.328 e. The summed E-state index contributed by atoms with van der Waals surface area (Å²) in [6.07, 6.45) is 1.89. The molecule has 2 aromatic carbocycles. The number of nitrogens with zero attached hydrogens (tertiary/aromatic N) is 2. The zero-order chi connectivity index (χ0) is 24.2. The van der Waals surface area contributed by atoms with Gasteiger partial charge in [0.15, 0.2) is 0 Å². The number of benzene rings is 2. The van der Waals surface area contributed by atoms with Crippen LogP contribution in [0, 0.1) is 5.41 Å². The molecular formula is C26H36ClN5O. The summed E-state index contributed by atoms with van der Waals surface area (Å²) in [6, 6.07) is 13.5. The number of amides is 1. The van der Waals surface area contributed by atoms with Gasteiger partial charge in [0.1, 0.15) is 0 Å². The predicted octanol–water partition coefficient (Wildman–Crippen LogP) is 5.77. The highest BCUT2D eigenvalue weighted by atomic mass is 35.5. The number of hydrogen-bond acceptors (Lipinski definition) is 4. The molecule has 4 N–H and O–H groups in total. The fraction of sp³-hybridized carbons (Fsp3) is 0.462. The average Bonchev–Trinajstić information content (AvgIpc) is 3.12. The molecule has 0 aliphatic heterocycles. The van der Waals surface area contributed by atoms with Crippen molar-refractivity contribution in [1.82, 2.24) is 14.9 Å². The number of carbonyl (C=O) groups is 1. The van der Waals surface area contributed by atoms with Crippen molar-refractivity contribution < 1.29 is 4.79 Å². The summed E-state index contributed by atoms with van der Waals surface area (Å²) in [5.41, 5.74) is 9.81. The van der Waals surface area contributed by atoms with Gasteiger partial charge >= 0.3 is 0 Å². The van der Waals surface area contributed by atoms with Gasteiger partial charge in [0.05, 0.1) is 11.0 Å². The molecule has 7 heteroatoms. The molecular weight excluding hydrogens is 434 g/mol. The van der Waals surface area contributed by atoms with Crippen molar-refractivity contribution in [3.05, 3.63) is 58.6 Å². The molecule has 0 spiro atoms. The second kappa shape index (κ2) is 10.7. The van der Waals surface area contributed by atoms with Gasteiger partial charge in [0.25, 0.3) is 5.91 Å². The molecule has 178 valence electrons. The molecule has 2 unspecified atom stereocenters. The standard InChI is InChI=1S/C26H36ClN5O/c1-6-7-21(15-28)32-23-13-8-18(16-29-17(2)26(3,4)5)14-22(23)30-25(32)31-24(33)19-9-11-20(27)12-10-19/h8-14,17,21,29H,6-7,15-16,28H2,1-5H3,(H,30,31,33). The summed E-state index contributed by atoms with van der Waals surface area (Å²) in [5.74, 6) is 0.290. The van der Waals surface area contributed by atoms with Crippen LogP contribution in [0.4, 0.5) is 5.95 Å². The smallest absolute Gasteiger partial charge is 0.257 e. The van der Waals surface area contributed by atoms with Crippen LogP contribution in [0.2, 0.25) is 5.02 Å². The van der Waals surface area contributed by atoms with Crippen LogP contribution in [0.1, 0.15) is 69.4 Å². The molecule has 2 atom stereocenters. The van der Waals surface area contributed by atoms with Gasteiger partial charge in [-0.1, -0.05) is 51.8 Å². The van der Waals surface area contributed by atoms with Crippen molar-refractivity contribution in [3.8, 4) is 0 Å². The van der Waals surface area contributed by atoms with Crippen molar-refractivity contribution in [2.24, 2.45) is 11.1 Å². The molecule has 0 radical (unpaired) electrons. The van der Waals surface area contributed by atoms with Crippen molar-refractivity contribution in [1.29, 1.82) is 0 Å². The highest BCUT2D eigenvalue weighted by Gasteiger charge is 2.21. The summed E-state index contributed by atoms with van der Waals surface area (Å²) < 4.78 is 2.07. The lowest BCUT2D eigenvalue weighted by Crippen LogP contribution is -2.37. The summed E-state index contributed by atoms with van der Waals surface area (Å²) in [5, 5.41) is 7.19. The van der Waals surface area contributed by atoms with Crippen molar-refractivity contribution in [2.45, 2.75) is 66.1 Å². The molecule has 33 heavy (non-hydrogen) atoms. The van der Waals surface area contributed by atoms with Crippen LogP contribution in [-0.2, 0) is 6.54 Å². The van der Waals surface area contributed by atoms with E-state index in [0.29, 0.717) is 29.1 Å². The number of rotatable bonds is 9. The zero-order valence-electron chi connectivity index (χ0n) is 20.3. The van der Waals surface area contributed by atoms with Crippen LogP contribution >= 0.6 is 11.6 Å². The molecule has 0 aliphatic carbocycles. The van der Waals surface area contributed by atoms with E-state index in [-0.39, 0.29) is 17.4 Å². The normalized spacial score (nSPS) is 13.8. The Morgan fingerprint density at radius 3 is 2.48 bits per heavy atom. The van der Waals surface area contributed by atoms with Crippen molar-refractivity contribution in [2.75, 3.05) is 11.9 Å². The van der Waals surface area contributed by atoms with E-state index >= 15 is 0 Å². The van der Waals surface area contributed by atoms with Gasteiger partial charge in [-0.3, -0.25) is 10.1 Å². The van der Waals surface area contributed by atoms with E-state index in [1.165, 1.54) is 0 Å². The van der Waals surface area contributed by atoms with Gasteiger partial charge in [-0.25, -0.2) is 4.98 Å². The number of nitrogens with one attached hydrogen (secondary N) is 2. The Morgan fingerprint density at radius 2 is 1.88 bits per heavy atom. The Balaban J connectivity index is 1.94.